The number of nitrogens with zero attached hydrogens (tertiary/aromatic N) is 2. The number of rotatable bonds is 5. The summed E-state index contributed by atoms with van der Waals surface area (Å²) < 4.78 is 1.84. The normalized spacial score (nSPS) is 12.6. The van der Waals surface area contributed by atoms with Crippen LogP contribution in [0.2, 0.25) is 0 Å². The molecule has 0 aliphatic heterocycles. The van der Waals surface area contributed by atoms with E-state index < -0.39 is 6.10 Å². The molecule has 0 saturated carbocycles. The molecule has 0 radical (unpaired) electrons. The van der Waals surface area contributed by atoms with E-state index in [1.807, 2.05) is 36.0 Å². The van der Waals surface area contributed by atoms with E-state index in [0.29, 0.717) is 13.0 Å². The summed E-state index contributed by atoms with van der Waals surface area (Å²) >= 11 is 0. The van der Waals surface area contributed by atoms with Crippen LogP contribution in [0.1, 0.15) is 18.9 Å². The second kappa shape index (κ2) is 5.84. The van der Waals surface area contributed by atoms with Gasteiger partial charge in [0.2, 0.25) is 5.91 Å². The number of benzene rings is 1. The molecular weight excluding hydrogens is 242 g/mol. The topological polar surface area (TPSA) is 67.2 Å². The van der Waals surface area contributed by atoms with E-state index in [9.17, 15) is 4.79 Å². The molecule has 5 heteroatoms. The summed E-state index contributed by atoms with van der Waals surface area (Å²) in [7, 11) is 0. The summed E-state index contributed by atoms with van der Waals surface area (Å²) in [6, 6.07) is 6.04. The molecule has 102 valence electrons. The van der Waals surface area contributed by atoms with Crippen LogP contribution in [0.15, 0.2) is 24.4 Å². The number of nitrogens with one attached hydrogen (secondary N) is 1. The van der Waals surface area contributed by atoms with E-state index in [1.54, 1.807) is 6.92 Å². The third-order valence-corrected chi connectivity index (χ3v) is 3.05. The first-order valence-electron chi connectivity index (χ1n) is 6.44. The van der Waals surface area contributed by atoms with Gasteiger partial charge in [0, 0.05) is 18.4 Å². The first kappa shape index (κ1) is 13.5. The van der Waals surface area contributed by atoms with Crippen LogP contribution >= 0.6 is 0 Å². The van der Waals surface area contributed by atoms with Gasteiger partial charge in [-0.2, -0.15) is 5.10 Å². The first-order valence-corrected chi connectivity index (χ1v) is 6.44. The zero-order valence-corrected chi connectivity index (χ0v) is 11.3. The number of aromatic nitrogens is 2. The highest BCUT2D eigenvalue weighted by Crippen LogP contribution is 2.17. The Balaban J connectivity index is 1.99. The van der Waals surface area contributed by atoms with Crippen LogP contribution in [0.25, 0.3) is 10.9 Å². The third kappa shape index (κ3) is 3.32. The van der Waals surface area contributed by atoms with Gasteiger partial charge in [0.1, 0.15) is 0 Å². The maximum Gasteiger partial charge on any atom is 0.221 e. The Kier molecular flexibility index (Phi) is 4.16. The standard InChI is InChI=1S/C14H19N3O2/c1-10-4-3-5-13-12(10)9-16-17(13)7-6-14(19)15-8-11(2)18/h3-5,9,11,18H,6-8H2,1-2H3,(H,15,19). The van der Waals surface area contributed by atoms with Crippen LogP contribution in [-0.2, 0) is 11.3 Å². The second-order valence-electron chi connectivity index (χ2n) is 4.78. The Morgan fingerprint density at radius 3 is 3.05 bits per heavy atom. The maximum atomic E-state index is 11.6. The number of amides is 1. The summed E-state index contributed by atoms with van der Waals surface area (Å²) in [5.41, 5.74) is 2.23. The number of hydrogen-bond donors (Lipinski definition) is 2. The monoisotopic (exact) mass is 261 g/mol. The third-order valence-electron chi connectivity index (χ3n) is 3.05. The lowest BCUT2D eigenvalue weighted by molar-refractivity contribution is -0.121. The van der Waals surface area contributed by atoms with Gasteiger partial charge in [-0.1, -0.05) is 12.1 Å². The van der Waals surface area contributed by atoms with Gasteiger partial charge in [0.15, 0.2) is 0 Å². The Morgan fingerprint density at radius 2 is 2.32 bits per heavy atom. The summed E-state index contributed by atoms with van der Waals surface area (Å²) in [5.74, 6) is -0.0720. The Morgan fingerprint density at radius 1 is 1.53 bits per heavy atom. The smallest absolute Gasteiger partial charge is 0.221 e. The minimum Gasteiger partial charge on any atom is -0.392 e. The fourth-order valence-electron chi connectivity index (χ4n) is 1.98. The number of carbonyl (C=O) groups excluding carboxylic acids is 1. The van der Waals surface area contributed by atoms with Gasteiger partial charge in [-0.25, -0.2) is 0 Å². The van der Waals surface area contributed by atoms with Crippen molar-refractivity contribution in [2.24, 2.45) is 0 Å². The van der Waals surface area contributed by atoms with Gasteiger partial charge < -0.3 is 10.4 Å². The number of hydrogen-bond acceptors (Lipinski definition) is 3. The average Bonchev–Trinajstić information content (AvgIpc) is 2.78. The Bertz CT molecular complexity index is 575. The number of carbonyl (C=O) groups is 1. The molecular formula is C14H19N3O2. The molecule has 0 spiro atoms. The second-order valence-corrected chi connectivity index (χ2v) is 4.78. The Labute approximate surface area is 112 Å². The number of aryl methyl sites for hydroxylation is 2. The predicted octanol–water partition coefficient (Wildman–Crippen LogP) is 1.23. The molecule has 0 aliphatic carbocycles. The highest BCUT2D eigenvalue weighted by Gasteiger charge is 2.07. The maximum absolute atomic E-state index is 11.6. The van der Waals surface area contributed by atoms with Crippen LogP contribution in [0.5, 0.6) is 0 Å². The summed E-state index contributed by atoms with van der Waals surface area (Å²) in [6.45, 7) is 4.52. The lowest BCUT2D eigenvalue weighted by Crippen LogP contribution is -2.31. The zero-order valence-electron chi connectivity index (χ0n) is 11.3. The van der Waals surface area contributed by atoms with E-state index in [4.69, 9.17) is 5.11 Å². The molecule has 0 aliphatic rings. The SMILES string of the molecule is Cc1cccc2c1cnn2CCC(=O)NCC(C)O. The van der Waals surface area contributed by atoms with Crippen molar-refractivity contribution in [2.45, 2.75) is 32.9 Å². The average molecular weight is 261 g/mol. The minimum absolute atomic E-state index is 0.0720. The molecule has 1 atom stereocenters. The molecule has 0 saturated heterocycles. The minimum atomic E-state index is -0.517. The quantitative estimate of drug-likeness (QED) is 0.850. The van der Waals surface area contributed by atoms with Gasteiger partial charge in [-0.15, -0.1) is 0 Å². The molecule has 0 bridgehead atoms. The van der Waals surface area contributed by atoms with E-state index in [-0.39, 0.29) is 12.5 Å². The van der Waals surface area contributed by atoms with Crippen LogP contribution < -0.4 is 5.32 Å². The van der Waals surface area contributed by atoms with Gasteiger partial charge in [0.25, 0.3) is 0 Å². The number of aliphatic hydroxyl groups is 1. The molecule has 0 fully saturated rings. The van der Waals surface area contributed by atoms with Crippen molar-refractivity contribution in [3.8, 4) is 0 Å². The lowest BCUT2D eigenvalue weighted by atomic mass is 10.1. The molecule has 19 heavy (non-hydrogen) atoms. The largest absolute Gasteiger partial charge is 0.392 e. The fourth-order valence-corrected chi connectivity index (χ4v) is 1.98. The first-order chi connectivity index (χ1) is 9.08. The fraction of sp³-hybridized carbons (Fsp3) is 0.429. The van der Waals surface area contributed by atoms with Gasteiger partial charge in [-0.05, 0) is 25.5 Å². The Hall–Kier alpha value is -1.88. The van der Waals surface area contributed by atoms with Crippen LogP contribution in [0.4, 0.5) is 0 Å². The van der Waals surface area contributed by atoms with E-state index >= 15 is 0 Å². The van der Waals surface area contributed by atoms with E-state index in [1.165, 1.54) is 5.56 Å². The molecule has 2 rings (SSSR count). The van der Waals surface area contributed by atoms with Crippen LogP contribution in [-0.4, -0.2) is 33.4 Å². The molecule has 5 nitrogen and oxygen atoms in total. The highest BCUT2D eigenvalue weighted by atomic mass is 16.3. The van der Waals surface area contributed by atoms with Gasteiger partial charge in [0.05, 0.1) is 24.4 Å². The molecule has 1 aromatic carbocycles. The van der Waals surface area contributed by atoms with Crippen molar-refractivity contribution < 1.29 is 9.90 Å². The van der Waals surface area contributed by atoms with Crippen molar-refractivity contribution in [3.63, 3.8) is 0 Å². The predicted molar refractivity (Wildman–Crippen MR) is 73.8 cm³/mol. The van der Waals surface area contributed by atoms with Crippen molar-refractivity contribution in [2.75, 3.05) is 6.54 Å². The van der Waals surface area contributed by atoms with E-state index in [0.717, 1.165) is 10.9 Å². The molecule has 1 heterocycles. The molecule has 2 N–H and O–H groups in total. The zero-order chi connectivity index (χ0) is 13.8. The van der Waals surface area contributed by atoms with Gasteiger partial charge in [-0.3, -0.25) is 9.48 Å². The molecule has 1 unspecified atom stereocenters. The van der Waals surface area contributed by atoms with E-state index in [2.05, 4.69) is 10.4 Å². The van der Waals surface area contributed by atoms with Gasteiger partial charge >= 0.3 is 0 Å². The van der Waals surface area contributed by atoms with Crippen LogP contribution in [0.3, 0.4) is 0 Å². The molecule has 1 amide bonds. The summed E-state index contributed by atoms with van der Waals surface area (Å²) in [6.07, 6.45) is 1.67. The van der Waals surface area contributed by atoms with Crippen molar-refractivity contribution in [3.05, 3.63) is 30.0 Å². The molecule has 2 aromatic rings. The van der Waals surface area contributed by atoms with Crippen molar-refractivity contribution in [1.82, 2.24) is 15.1 Å². The summed E-state index contributed by atoms with van der Waals surface area (Å²) in [5, 5.41) is 17.2. The number of fused-ring (bicyclic) bond motifs is 1. The number of aliphatic hydroxyl groups excluding tert-OH is 1. The van der Waals surface area contributed by atoms with Crippen molar-refractivity contribution >= 4 is 16.8 Å². The highest BCUT2D eigenvalue weighted by molar-refractivity contribution is 5.82. The molecule has 1 aromatic heterocycles. The van der Waals surface area contributed by atoms with Crippen molar-refractivity contribution in [1.29, 1.82) is 0 Å². The summed E-state index contributed by atoms with van der Waals surface area (Å²) in [4.78, 5) is 11.6. The lowest BCUT2D eigenvalue weighted by Gasteiger charge is -2.07. The van der Waals surface area contributed by atoms with Crippen LogP contribution in [0, 0.1) is 6.92 Å².